The van der Waals surface area contributed by atoms with Gasteiger partial charge < -0.3 is 10.1 Å². The number of hydrogen-bond donors (Lipinski definition) is 1. The van der Waals surface area contributed by atoms with Gasteiger partial charge in [-0.25, -0.2) is 0 Å². The summed E-state index contributed by atoms with van der Waals surface area (Å²) in [5.41, 5.74) is 2.55. The molecule has 0 bridgehead atoms. The van der Waals surface area contributed by atoms with Gasteiger partial charge in [0.05, 0.1) is 7.11 Å². The van der Waals surface area contributed by atoms with Crippen molar-refractivity contribution in [2.45, 2.75) is 12.5 Å². The van der Waals surface area contributed by atoms with Crippen molar-refractivity contribution in [2.24, 2.45) is 0 Å². The first-order chi connectivity index (χ1) is 10.8. The van der Waals surface area contributed by atoms with E-state index in [0.717, 1.165) is 12.2 Å². The van der Waals surface area contributed by atoms with E-state index in [2.05, 4.69) is 72.0 Å². The van der Waals surface area contributed by atoms with E-state index < -0.39 is 0 Å². The Morgan fingerprint density at radius 2 is 1.64 bits per heavy atom. The van der Waals surface area contributed by atoms with Crippen LogP contribution in [-0.2, 0) is 6.42 Å². The molecule has 0 heterocycles. The van der Waals surface area contributed by atoms with E-state index in [9.17, 15) is 0 Å². The molecular formula is C20H21NO. The maximum atomic E-state index is 5.63. The summed E-state index contributed by atoms with van der Waals surface area (Å²) >= 11 is 0. The molecule has 0 aliphatic heterocycles. The summed E-state index contributed by atoms with van der Waals surface area (Å²) in [6.07, 6.45) is 0.932. The van der Waals surface area contributed by atoms with Crippen molar-refractivity contribution in [1.29, 1.82) is 0 Å². The summed E-state index contributed by atoms with van der Waals surface area (Å²) in [6, 6.07) is 23.4. The summed E-state index contributed by atoms with van der Waals surface area (Å²) in [4.78, 5) is 0. The van der Waals surface area contributed by atoms with Crippen molar-refractivity contribution in [3.63, 3.8) is 0 Å². The summed E-state index contributed by atoms with van der Waals surface area (Å²) in [7, 11) is 3.75. The van der Waals surface area contributed by atoms with Crippen LogP contribution in [0.2, 0.25) is 0 Å². The molecule has 0 spiro atoms. The fourth-order valence-corrected chi connectivity index (χ4v) is 3.01. The van der Waals surface area contributed by atoms with Crippen LogP contribution >= 0.6 is 0 Å². The summed E-state index contributed by atoms with van der Waals surface area (Å²) in [5.74, 6) is 0.939. The third-order valence-corrected chi connectivity index (χ3v) is 4.13. The number of ether oxygens (including phenoxy) is 1. The standard InChI is InChI=1S/C20H21NO/c1-21-18(14-15-8-4-3-5-9-15)20-17-11-7-6-10-16(17)12-13-19(20)22-2/h3-13,18,21H,14H2,1-2H3. The monoisotopic (exact) mass is 291 g/mol. The summed E-state index contributed by atoms with van der Waals surface area (Å²) in [6.45, 7) is 0. The molecule has 0 saturated heterocycles. The van der Waals surface area contributed by atoms with E-state index in [4.69, 9.17) is 4.74 Å². The highest BCUT2D eigenvalue weighted by Gasteiger charge is 2.18. The van der Waals surface area contributed by atoms with Crippen molar-refractivity contribution in [1.82, 2.24) is 5.32 Å². The number of rotatable bonds is 5. The van der Waals surface area contributed by atoms with Crippen LogP contribution in [-0.4, -0.2) is 14.2 Å². The van der Waals surface area contributed by atoms with Crippen molar-refractivity contribution in [3.05, 3.63) is 77.9 Å². The molecule has 1 N–H and O–H groups in total. The lowest BCUT2D eigenvalue weighted by molar-refractivity contribution is 0.402. The topological polar surface area (TPSA) is 21.3 Å². The average molecular weight is 291 g/mol. The van der Waals surface area contributed by atoms with Gasteiger partial charge in [-0.2, -0.15) is 0 Å². The molecule has 3 rings (SSSR count). The molecule has 2 nitrogen and oxygen atoms in total. The van der Waals surface area contributed by atoms with Crippen LogP contribution in [0.15, 0.2) is 66.7 Å². The predicted molar refractivity (Wildman–Crippen MR) is 92.4 cm³/mol. The highest BCUT2D eigenvalue weighted by Crippen LogP contribution is 2.34. The molecule has 1 atom stereocenters. The Balaban J connectivity index is 2.09. The minimum absolute atomic E-state index is 0.212. The van der Waals surface area contributed by atoms with Gasteiger partial charge in [0.25, 0.3) is 0 Å². The molecule has 0 amide bonds. The number of likely N-dealkylation sites (N-methyl/N-ethyl adjacent to an activating group) is 1. The lowest BCUT2D eigenvalue weighted by atomic mass is 9.93. The summed E-state index contributed by atoms with van der Waals surface area (Å²) < 4.78 is 5.63. The molecule has 0 aromatic heterocycles. The van der Waals surface area contributed by atoms with E-state index in [0.29, 0.717) is 0 Å². The van der Waals surface area contributed by atoms with Gasteiger partial charge in [-0.05, 0) is 35.9 Å². The van der Waals surface area contributed by atoms with Crippen LogP contribution < -0.4 is 10.1 Å². The molecule has 0 fully saturated rings. The maximum Gasteiger partial charge on any atom is 0.124 e. The molecule has 2 heteroatoms. The zero-order valence-corrected chi connectivity index (χ0v) is 13.0. The molecule has 3 aromatic rings. The van der Waals surface area contributed by atoms with E-state index in [1.807, 2.05) is 7.05 Å². The third kappa shape index (κ3) is 2.83. The SMILES string of the molecule is CNC(Cc1ccccc1)c1c(OC)ccc2ccccc12. The van der Waals surface area contributed by atoms with Crippen molar-refractivity contribution in [3.8, 4) is 5.75 Å². The van der Waals surface area contributed by atoms with Gasteiger partial charge in [-0.1, -0.05) is 60.7 Å². The van der Waals surface area contributed by atoms with Crippen LogP contribution in [0.3, 0.4) is 0 Å². The second kappa shape index (κ2) is 6.63. The molecule has 0 radical (unpaired) electrons. The zero-order chi connectivity index (χ0) is 15.4. The van der Waals surface area contributed by atoms with E-state index in [1.165, 1.54) is 21.9 Å². The number of fused-ring (bicyclic) bond motifs is 1. The van der Waals surface area contributed by atoms with Crippen LogP contribution in [0.5, 0.6) is 5.75 Å². The Bertz CT molecular complexity index is 752. The third-order valence-electron chi connectivity index (χ3n) is 4.13. The number of nitrogens with one attached hydrogen (secondary N) is 1. The zero-order valence-electron chi connectivity index (χ0n) is 13.0. The molecule has 22 heavy (non-hydrogen) atoms. The highest BCUT2D eigenvalue weighted by molar-refractivity contribution is 5.88. The van der Waals surface area contributed by atoms with Crippen molar-refractivity contribution >= 4 is 10.8 Å². The van der Waals surface area contributed by atoms with Crippen LogP contribution in [0, 0.1) is 0 Å². The Kier molecular flexibility index (Phi) is 4.40. The van der Waals surface area contributed by atoms with Crippen LogP contribution in [0.4, 0.5) is 0 Å². The van der Waals surface area contributed by atoms with Crippen molar-refractivity contribution in [2.75, 3.05) is 14.2 Å². The maximum absolute atomic E-state index is 5.63. The van der Waals surface area contributed by atoms with Gasteiger partial charge in [0.2, 0.25) is 0 Å². The van der Waals surface area contributed by atoms with Crippen LogP contribution in [0.1, 0.15) is 17.2 Å². The van der Waals surface area contributed by atoms with Gasteiger partial charge in [-0.15, -0.1) is 0 Å². The highest BCUT2D eigenvalue weighted by atomic mass is 16.5. The first-order valence-electron chi connectivity index (χ1n) is 7.60. The summed E-state index contributed by atoms with van der Waals surface area (Å²) in [5, 5.41) is 5.94. The Labute approximate surface area is 131 Å². The average Bonchev–Trinajstić information content (AvgIpc) is 2.59. The molecule has 0 aliphatic rings. The van der Waals surface area contributed by atoms with Crippen molar-refractivity contribution < 1.29 is 4.74 Å². The predicted octanol–water partition coefficient (Wildman–Crippen LogP) is 4.35. The molecule has 112 valence electrons. The lowest BCUT2D eigenvalue weighted by Crippen LogP contribution is -2.20. The fourth-order valence-electron chi connectivity index (χ4n) is 3.01. The molecule has 3 aromatic carbocycles. The molecular weight excluding hydrogens is 270 g/mol. The quantitative estimate of drug-likeness (QED) is 0.754. The first kappa shape index (κ1) is 14.6. The number of hydrogen-bond acceptors (Lipinski definition) is 2. The largest absolute Gasteiger partial charge is 0.496 e. The lowest BCUT2D eigenvalue weighted by Gasteiger charge is -2.21. The second-order valence-corrected chi connectivity index (χ2v) is 5.43. The van der Waals surface area contributed by atoms with E-state index in [1.54, 1.807) is 7.11 Å². The van der Waals surface area contributed by atoms with Gasteiger partial charge in [0, 0.05) is 11.6 Å². The molecule has 0 aliphatic carbocycles. The minimum atomic E-state index is 0.212. The molecule has 0 saturated carbocycles. The van der Waals surface area contributed by atoms with Gasteiger partial charge in [-0.3, -0.25) is 0 Å². The van der Waals surface area contributed by atoms with Gasteiger partial charge in [0.1, 0.15) is 5.75 Å². The van der Waals surface area contributed by atoms with E-state index >= 15 is 0 Å². The smallest absolute Gasteiger partial charge is 0.124 e. The Morgan fingerprint density at radius 3 is 2.36 bits per heavy atom. The Morgan fingerprint density at radius 1 is 0.909 bits per heavy atom. The number of methoxy groups -OCH3 is 1. The second-order valence-electron chi connectivity index (χ2n) is 5.43. The number of benzene rings is 3. The Hall–Kier alpha value is -2.32. The fraction of sp³-hybridized carbons (Fsp3) is 0.200. The van der Waals surface area contributed by atoms with Crippen LogP contribution in [0.25, 0.3) is 10.8 Å². The first-order valence-corrected chi connectivity index (χ1v) is 7.60. The normalized spacial score (nSPS) is 12.3. The minimum Gasteiger partial charge on any atom is -0.496 e. The van der Waals surface area contributed by atoms with Gasteiger partial charge in [0.15, 0.2) is 0 Å². The van der Waals surface area contributed by atoms with Gasteiger partial charge >= 0.3 is 0 Å². The van der Waals surface area contributed by atoms with E-state index in [-0.39, 0.29) is 6.04 Å². The molecule has 1 unspecified atom stereocenters.